The lowest BCUT2D eigenvalue weighted by Crippen LogP contribution is -2.45. The molecule has 0 saturated heterocycles. The van der Waals surface area contributed by atoms with E-state index in [1.54, 1.807) is 14.2 Å². The Morgan fingerprint density at radius 1 is 0.750 bits per heavy atom. The normalized spacial score (nSPS) is 13.0. The van der Waals surface area contributed by atoms with Gasteiger partial charge in [0, 0.05) is 26.7 Å². The first-order valence-corrected chi connectivity index (χ1v) is 11.9. The molecule has 32 heavy (non-hydrogen) atoms. The maximum absolute atomic E-state index is 13.8. The van der Waals surface area contributed by atoms with Crippen LogP contribution in [0.15, 0.2) is 6.07 Å². The fourth-order valence-corrected chi connectivity index (χ4v) is 4.21. The molecule has 1 atom stereocenters. The highest BCUT2D eigenvalue weighted by Crippen LogP contribution is 2.33. The number of hydrogen-bond donors (Lipinski definition) is 0. The van der Waals surface area contributed by atoms with Gasteiger partial charge in [0.25, 0.3) is 5.97 Å². The van der Waals surface area contributed by atoms with Crippen LogP contribution in [-0.2, 0) is 20.6 Å². The summed E-state index contributed by atoms with van der Waals surface area (Å²) in [4.78, 5) is 0. The van der Waals surface area contributed by atoms with Gasteiger partial charge in [-0.3, -0.25) is 0 Å². The molecular weight excluding hydrogens is 424 g/mol. The number of benzene rings is 1. The van der Waals surface area contributed by atoms with Crippen LogP contribution in [0.4, 0.5) is 17.6 Å². The van der Waals surface area contributed by atoms with E-state index in [0.29, 0.717) is 13.0 Å². The van der Waals surface area contributed by atoms with Gasteiger partial charge in [0.05, 0.1) is 0 Å². The minimum Gasteiger partial charge on any atom is -0.331 e. The average molecular weight is 465 g/mol. The van der Waals surface area contributed by atoms with Gasteiger partial charge in [0.15, 0.2) is 23.3 Å². The number of unbranched alkanes of at least 4 members (excludes halogenated alkanes) is 7. The first-order chi connectivity index (χ1) is 15.4. The summed E-state index contributed by atoms with van der Waals surface area (Å²) in [5, 5.41) is 0. The van der Waals surface area contributed by atoms with E-state index in [0.717, 1.165) is 44.6 Å². The van der Waals surface area contributed by atoms with Crippen LogP contribution in [0.5, 0.6) is 0 Å². The van der Waals surface area contributed by atoms with Crippen molar-refractivity contribution in [1.82, 2.24) is 0 Å². The topological polar surface area (TPSA) is 27.7 Å². The van der Waals surface area contributed by atoms with Gasteiger partial charge in [-0.1, -0.05) is 58.3 Å². The van der Waals surface area contributed by atoms with Gasteiger partial charge in [0.2, 0.25) is 0 Å². The quantitative estimate of drug-likeness (QED) is 0.0732. The Hall–Kier alpha value is -1.18. The molecule has 0 N–H and O–H groups in total. The monoisotopic (exact) mass is 464 g/mol. The molecule has 0 bridgehead atoms. The van der Waals surface area contributed by atoms with E-state index in [9.17, 15) is 17.6 Å². The summed E-state index contributed by atoms with van der Waals surface area (Å²) in [5.74, 6) is -7.26. The van der Waals surface area contributed by atoms with Gasteiger partial charge in [-0.25, -0.2) is 17.6 Å². The smallest absolute Gasteiger partial charge is 0.285 e. The SMILES string of the molecule is CCCCCCCCC(CCCCCc1cc(F)c(F)c(F)c1F)C(OC)(OC)OCC. The Bertz CT molecular complexity index is 651. The average Bonchev–Trinajstić information content (AvgIpc) is 2.80. The highest BCUT2D eigenvalue weighted by atomic mass is 19.2. The summed E-state index contributed by atoms with van der Waals surface area (Å²) < 4.78 is 70.9. The van der Waals surface area contributed by atoms with E-state index in [4.69, 9.17) is 14.2 Å². The van der Waals surface area contributed by atoms with Crippen molar-refractivity contribution in [1.29, 1.82) is 0 Å². The van der Waals surface area contributed by atoms with Crippen molar-refractivity contribution >= 4 is 0 Å². The van der Waals surface area contributed by atoms with E-state index in [1.165, 1.54) is 25.7 Å². The first kappa shape index (κ1) is 28.9. The Kier molecular flexibility index (Phi) is 14.1. The predicted octanol–water partition coefficient (Wildman–Crippen LogP) is 7.70. The third-order valence-corrected chi connectivity index (χ3v) is 6.00. The third-order valence-electron chi connectivity index (χ3n) is 6.00. The van der Waals surface area contributed by atoms with Gasteiger partial charge >= 0.3 is 0 Å². The van der Waals surface area contributed by atoms with E-state index in [2.05, 4.69) is 6.92 Å². The van der Waals surface area contributed by atoms with Crippen LogP contribution in [-0.4, -0.2) is 26.8 Å². The molecule has 0 aliphatic rings. The second-order valence-corrected chi connectivity index (χ2v) is 8.26. The highest BCUT2D eigenvalue weighted by Gasteiger charge is 2.39. The fraction of sp³-hybridized carbons (Fsp3) is 0.760. The minimum atomic E-state index is -1.77. The van der Waals surface area contributed by atoms with Gasteiger partial charge in [-0.15, -0.1) is 0 Å². The van der Waals surface area contributed by atoms with Gasteiger partial charge in [-0.05, 0) is 44.2 Å². The number of ether oxygens (including phenoxy) is 3. The maximum atomic E-state index is 13.8. The van der Waals surface area contributed by atoms with Crippen molar-refractivity contribution in [3.63, 3.8) is 0 Å². The summed E-state index contributed by atoms with van der Waals surface area (Å²) in [7, 11) is 3.15. The predicted molar refractivity (Wildman–Crippen MR) is 118 cm³/mol. The van der Waals surface area contributed by atoms with Crippen LogP contribution in [0.25, 0.3) is 0 Å². The Labute approximate surface area is 190 Å². The molecule has 0 fully saturated rings. The fourth-order valence-electron chi connectivity index (χ4n) is 4.21. The van der Waals surface area contributed by atoms with Crippen molar-refractivity contribution < 1.29 is 31.8 Å². The number of aryl methyl sites for hydroxylation is 1. The second-order valence-electron chi connectivity index (χ2n) is 8.26. The molecular formula is C25H40F4O3. The van der Waals surface area contributed by atoms with Gasteiger partial charge in [0.1, 0.15) is 0 Å². The van der Waals surface area contributed by atoms with Gasteiger partial charge in [-0.2, -0.15) is 0 Å². The van der Waals surface area contributed by atoms with Crippen molar-refractivity contribution in [3.8, 4) is 0 Å². The number of methoxy groups -OCH3 is 2. The molecule has 0 saturated carbocycles. The molecule has 7 heteroatoms. The van der Waals surface area contributed by atoms with Crippen molar-refractivity contribution in [2.24, 2.45) is 5.92 Å². The van der Waals surface area contributed by atoms with Crippen LogP contribution in [0.2, 0.25) is 0 Å². The molecule has 1 unspecified atom stereocenters. The molecule has 3 nitrogen and oxygen atoms in total. The molecule has 1 rings (SSSR count). The standard InChI is InChI=1S/C25H40F4O3/c1-5-7-8-9-10-13-16-20(25(30-3,31-4)32-6-2)17-14-11-12-15-19-18-21(26)23(28)24(29)22(19)27/h18,20H,5-17H2,1-4H3. The molecule has 0 radical (unpaired) electrons. The molecule has 0 spiro atoms. The molecule has 0 heterocycles. The first-order valence-electron chi connectivity index (χ1n) is 11.9. The van der Waals surface area contributed by atoms with Crippen molar-refractivity contribution in [2.45, 2.75) is 96.9 Å². The molecule has 1 aromatic carbocycles. The summed E-state index contributed by atoms with van der Waals surface area (Å²) in [6.45, 7) is 4.54. The zero-order chi connectivity index (χ0) is 24.0. The molecule has 0 aliphatic carbocycles. The summed E-state index contributed by atoms with van der Waals surface area (Å²) in [5.41, 5.74) is -0.137. The van der Waals surface area contributed by atoms with Crippen LogP contribution >= 0.6 is 0 Å². The van der Waals surface area contributed by atoms with E-state index in [1.807, 2.05) is 6.92 Å². The van der Waals surface area contributed by atoms with Crippen LogP contribution in [0.3, 0.4) is 0 Å². The second kappa shape index (κ2) is 15.6. The Morgan fingerprint density at radius 3 is 1.88 bits per heavy atom. The molecule has 186 valence electrons. The number of halogens is 4. The Morgan fingerprint density at radius 2 is 1.31 bits per heavy atom. The summed E-state index contributed by atoms with van der Waals surface area (Å²) >= 11 is 0. The van der Waals surface area contributed by atoms with E-state index in [-0.39, 0.29) is 17.9 Å². The molecule has 0 amide bonds. The maximum Gasteiger partial charge on any atom is 0.285 e. The number of rotatable bonds is 18. The zero-order valence-electron chi connectivity index (χ0n) is 20.1. The van der Waals surface area contributed by atoms with Crippen LogP contribution in [0, 0.1) is 29.2 Å². The molecule has 0 aliphatic heterocycles. The largest absolute Gasteiger partial charge is 0.331 e. The third kappa shape index (κ3) is 8.64. The van der Waals surface area contributed by atoms with Gasteiger partial charge < -0.3 is 14.2 Å². The molecule has 1 aromatic rings. The van der Waals surface area contributed by atoms with E-state index >= 15 is 0 Å². The summed E-state index contributed by atoms with van der Waals surface area (Å²) in [6.07, 6.45) is 11.0. The Balaban J connectivity index is 2.61. The lowest BCUT2D eigenvalue weighted by molar-refractivity contribution is -0.388. The zero-order valence-corrected chi connectivity index (χ0v) is 20.1. The van der Waals surface area contributed by atoms with Crippen molar-refractivity contribution in [3.05, 3.63) is 34.9 Å². The highest BCUT2D eigenvalue weighted by molar-refractivity contribution is 5.21. The number of hydrogen-bond acceptors (Lipinski definition) is 3. The lowest BCUT2D eigenvalue weighted by atomic mass is 9.91. The lowest BCUT2D eigenvalue weighted by Gasteiger charge is -2.37. The summed E-state index contributed by atoms with van der Waals surface area (Å²) in [6, 6.07) is 0.741. The van der Waals surface area contributed by atoms with Crippen LogP contribution in [0.1, 0.15) is 90.0 Å². The molecule has 0 aromatic heterocycles. The van der Waals surface area contributed by atoms with E-state index < -0.39 is 29.2 Å². The minimum absolute atomic E-state index is 0.0288. The van der Waals surface area contributed by atoms with Crippen LogP contribution < -0.4 is 0 Å². The van der Waals surface area contributed by atoms with Crippen molar-refractivity contribution in [2.75, 3.05) is 20.8 Å².